The second-order valence-corrected chi connectivity index (χ2v) is 7.54. The van der Waals surface area contributed by atoms with Crippen LogP contribution in [0.15, 0.2) is 22.7 Å². The molecule has 1 aliphatic rings. The molecule has 0 radical (unpaired) electrons. The minimum atomic E-state index is -3.34. The van der Waals surface area contributed by atoms with Crippen LogP contribution in [0.5, 0.6) is 5.75 Å². The molecule has 0 unspecified atom stereocenters. The molecule has 0 amide bonds. The molecule has 0 bridgehead atoms. The van der Waals surface area contributed by atoms with Crippen LogP contribution in [-0.2, 0) is 10.0 Å². The molecule has 1 fully saturated rings. The minimum absolute atomic E-state index is 0.108. The Labute approximate surface area is 128 Å². The molecule has 1 aromatic carbocycles. The van der Waals surface area contributed by atoms with Gasteiger partial charge in [-0.15, -0.1) is 0 Å². The number of sulfonamides is 1. The van der Waals surface area contributed by atoms with Gasteiger partial charge >= 0.3 is 0 Å². The Bertz CT molecular complexity index is 559. The molecule has 2 N–H and O–H groups in total. The van der Waals surface area contributed by atoms with E-state index in [1.54, 1.807) is 25.3 Å². The lowest BCUT2D eigenvalue weighted by molar-refractivity contribution is 0.415. The molecule has 1 saturated carbocycles. The maximum atomic E-state index is 12.0. The number of halogens is 1. The Balaban J connectivity index is 1.89. The molecule has 0 aliphatic heterocycles. The Hall–Kier alpha value is -0.790. The summed E-state index contributed by atoms with van der Waals surface area (Å²) in [7, 11) is -1.79. The summed E-state index contributed by atoms with van der Waals surface area (Å²) in [6.45, 7) is 0.741. The van der Waals surface area contributed by atoms with Gasteiger partial charge in [0.2, 0.25) is 10.0 Å². The van der Waals surface area contributed by atoms with Crippen molar-refractivity contribution in [3.63, 3.8) is 0 Å². The molecule has 2 rings (SSSR count). The van der Waals surface area contributed by atoms with Gasteiger partial charge in [-0.1, -0.05) is 0 Å². The van der Waals surface area contributed by atoms with Crippen LogP contribution in [0.1, 0.15) is 19.3 Å². The van der Waals surface area contributed by atoms with Gasteiger partial charge in [-0.3, -0.25) is 4.72 Å². The van der Waals surface area contributed by atoms with E-state index in [0.717, 1.165) is 6.54 Å². The highest BCUT2D eigenvalue weighted by Gasteiger charge is 2.20. The largest absolute Gasteiger partial charge is 0.497 e. The number of ether oxygens (including phenoxy) is 1. The van der Waals surface area contributed by atoms with Gasteiger partial charge in [0.15, 0.2) is 0 Å². The number of anilines is 1. The van der Waals surface area contributed by atoms with E-state index in [-0.39, 0.29) is 5.75 Å². The SMILES string of the molecule is COc1ccc(Br)c(NS(=O)(=O)CCCNC2CC2)c1. The van der Waals surface area contributed by atoms with E-state index in [9.17, 15) is 8.42 Å². The molecule has 0 aromatic heterocycles. The number of hydrogen-bond donors (Lipinski definition) is 2. The first-order chi connectivity index (χ1) is 9.50. The molecular formula is C13H19BrN2O3S. The van der Waals surface area contributed by atoms with Crippen molar-refractivity contribution < 1.29 is 13.2 Å². The highest BCUT2D eigenvalue weighted by molar-refractivity contribution is 9.10. The smallest absolute Gasteiger partial charge is 0.232 e. The lowest BCUT2D eigenvalue weighted by Crippen LogP contribution is -2.23. The van der Waals surface area contributed by atoms with Gasteiger partial charge in [-0.2, -0.15) is 0 Å². The summed E-state index contributed by atoms with van der Waals surface area (Å²) in [4.78, 5) is 0. The van der Waals surface area contributed by atoms with Gasteiger partial charge < -0.3 is 10.1 Å². The number of hydrogen-bond acceptors (Lipinski definition) is 4. The fraction of sp³-hybridized carbons (Fsp3) is 0.538. The standard InChI is InChI=1S/C13H19BrN2O3S/c1-19-11-5-6-12(14)13(9-11)16-20(17,18)8-2-7-15-10-3-4-10/h5-6,9-10,15-16H,2-4,7-8H2,1H3. The van der Waals surface area contributed by atoms with E-state index in [4.69, 9.17) is 4.74 Å². The van der Waals surface area contributed by atoms with Crippen LogP contribution in [0.4, 0.5) is 5.69 Å². The lowest BCUT2D eigenvalue weighted by atomic mass is 10.3. The predicted molar refractivity (Wildman–Crippen MR) is 83.7 cm³/mol. The highest BCUT2D eigenvalue weighted by atomic mass is 79.9. The molecule has 0 saturated heterocycles. The number of methoxy groups -OCH3 is 1. The summed E-state index contributed by atoms with van der Waals surface area (Å²) >= 11 is 3.33. The first-order valence-electron chi connectivity index (χ1n) is 6.57. The second-order valence-electron chi connectivity index (χ2n) is 4.85. The predicted octanol–water partition coefficient (Wildman–Crippen LogP) is 2.34. The summed E-state index contributed by atoms with van der Waals surface area (Å²) < 4.78 is 32.4. The van der Waals surface area contributed by atoms with Crippen molar-refractivity contribution in [2.75, 3.05) is 24.1 Å². The normalized spacial score (nSPS) is 15.1. The summed E-state index contributed by atoms with van der Waals surface area (Å²) in [5.41, 5.74) is 0.500. The monoisotopic (exact) mass is 362 g/mol. The third-order valence-corrected chi connectivity index (χ3v) is 5.09. The zero-order valence-corrected chi connectivity index (χ0v) is 13.8. The van der Waals surface area contributed by atoms with Gasteiger partial charge in [-0.25, -0.2) is 8.42 Å². The molecule has 0 spiro atoms. The van der Waals surface area contributed by atoms with Gasteiger partial charge in [0, 0.05) is 16.6 Å². The summed E-state index contributed by atoms with van der Waals surface area (Å²) in [5, 5.41) is 3.30. The van der Waals surface area contributed by atoms with Crippen molar-refractivity contribution >= 4 is 31.6 Å². The third kappa shape index (κ3) is 4.96. The van der Waals surface area contributed by atoms with Gasteiger partial charge in [0.25, 0.3) is 0 Å². The summed E-state index contributed by atoms with van der Waals surface area (Å²) in [6, 6.07) is 5.79. The van der Waals surface area contributed by atoms with Gasteiger partial charge in [0.1, 0.15) is 5.75 Å². The fourth-order valence-electron chi connectivity index (χ4n) is 1.78. The number of rotatable bonds is 8. The zero-order chi connectivity index (χ0) is 14.6. The Morgan fingerprint density at radius 3 is 2.80 bits per heavy atom. The van der Waals surface area contributed by atoms with E-state index in [2.05, 4.69) is 26.0 Å². The topological polar surface area (TPSA) is 67.4 Å². The molecule has 5 nitrogen and oxygen atoms in total. The average molecular weight is 363 g/mol. The first-order valence-corrected chi connectivity index (χ1v) is 9.02. The van der Waals surface area contributed by atoms with Crippen molar-refractivity contribution in [2.45, 2.75) is 25.3 Å². The maximum absolute atomic E-state index is 12.0. The Morgan fingerprint density at radius 2 is 2.15 bits per heavy atom. The zero-order valence-electron chi connectivity index (χ0n) is 11.4. The molecule has 7 heteroatoms. The summed E-state index contributed by atoms with van der Waals surface area (Å²) in [6.07, 6.45) is 3.02. The molecule has 112 valence electrons. The van der Waals surface area contributed by atoms with Crippen molar-refractivity contribution in [1.29, 1.82) is 0 Å². The molecule has 1 aliphatic carbocycles. The van der Waals surface area contributed by atoms with Crippen LogP contribution in [0.25, 0.3) is 0 Å². The van der Waals surface area contributed by atoms with Crippen molar-refractivity contribution in [3.05, 3.63) is 22.7 Å². The third-order valence-electron chi connectivity index (χ3n) is 3.04. The van der Waals surface area contributed by atoms with E-state index in [1.165, 1.54) is 12.8 Å². The van der Waals surface area contributed by atoms with Crippen LogP contribution in [0.2, 0.25) is 0 Å². The van der Waals surface area contributed by atoms with Crippen LogP contribution < -0.4 is 14.8 Å². The van der Waals surface area contributed by atoms with Crippen LogP contribution in [0.3, 0.4) is 0 Å². The highest BCUT2D eigenvalue weighted by Crippen LogP contribution is 2.28. The molecule has 0 heterocycles. The molecule has 20 heavy (non-hydrogen) atoms. The molecular weight excluding hydrogens is 344 g/mol. The molecule has 0 atom stereocenters. The van der Waals surface area contributed by atoms with Crippen LogP contribution in [-0.4, -0.2) is 33.9 Å². The Morgan fingerprint density at radius 1 is 1.40 bits per heavy atom. The van der Waals surface area contributed by atoms with E-state index >= 15 is 0 Å². The van der Waals surface area contributed by atoms with E-state index < -0.39 is 10.0 Å². The van der Waals surface area contributed by atoms with Crippen molar-refractivity contribution in [2.24, 2.45) is 0 Å². The van der Waals surface area contributed by atoms with Gasteiger partial charge in [-0.05, 0) is 53.9 Å². The first kappa shape index (κ1) is 15.6. The van der Waals surface area contributed by atoms with Crippen molar-refractivity contribution in [1.82, 2.24) is 5.32 Å². The average Bonchev–Trinajstić information content (AvgIpc) is 3.21. The van der Waals surface area contributed by atoms with E-state index in [0.29, 0.717) is 28.4 Å². The van der Waals surface area contributed by atoms with Crippen LogP contribution in [0, 0.1) is 0 Å². The lowest BCUT2D eigenvalue weighted by Gasteiger charge is -2.11. The van der Waals surface area contributed by atoms with E-state index in [1.807, 2.05) is 0 Å². The maximum Gasteiger partial charge on any atom is 0.232 e. The quantitative estimate of drug-likeness (QED) is 0.696. The van der Waals surface area contributed by atoms with Crippen molar-refractivity contribution in [3.8, 4) is 5.75 Å². The van der Waals surface area contributed by atoms with Crippen LogP contribution >= 0.6 is 15.9 Å². The fourth-order valence-corrected chi connectivity index (χ4v) is 3.39. The van der Waals surface area contributed by atoms with Gasteiger partial charge in [0.05, 0.1) is 18.6 Å². The number of nitrogens with one attached hydrogen (secondary N) is 2. The molecule has 1 aromatic rings. The Kier molecular flexibility index (Phi) is 5.29. The minimum Gasteiger partial charge on any atom is -0.497 e. The summed E-state index contributed by atoms with van der Waals surface area (Å²) in [5.74, 6) is 0.720. The second kappa shape index (κ2) is 6.78. The number of benzene rings is 1.